The molecule has 0 bridgehead atoms. The molecular weight excluding hydrogens is 803 g/mol. The van der Waals surface area contributed by atoms with Crippen molar-refractivity contribution in [2.24, 2.45) is 0 Å². The van der Waals surface area contributed by atoms with Gasteiger partial charge in [-0.2, -0.15) is 6.07 Å². The predicted octanol–water partition coefficient (Wildman–Crippen LogP) is 11.5. The van der Waals surface area contributed by atoms with Crippen LogP contribution in [0.4, 0.5) is 27.1 Å². The second kappa shape index (κ2) is 13.1. The molecule has 2 aliphatic rings. The van der Waals surface area contributed by atoms with E-state index in [4.69, 9.17) is 9.72 Å². The molecule has 1 aliphatic carbocycles. The molecule has 5 aromatic carbocycles. The van der Waals surface area contributed by atoms with E-state index in [0.717, 1.165) is 63.2 Å². The van der Waals surface area contributed by atoms with Crippen molar-refractivity contribution in [3.05, 3.63) is 151 Å². The van der Waals surface area contributed by atoms with E-state index in [-0.39, 0.29) is 26.9 Å². The molecule has 1 aliphatic heterocycles. The average Bonchev–Trinajstić information content (AvgIpc) is 3.64. The fourth-order valence-corrected chi connectivity index (χ4v) is 7.03. The number of hydrogen-bond acceptors (Lipinski definition) is 4. The summed E-state index contributed by atoms with van der Waals surface area (Å²) < 4.78 is 22.7. The van der Waals surface area contributed by atoms with E-state index in [1.807, 2.05) is 31.1 Å². The number of rotatable bonds is 7. The van der Waals surface area contributed by atoms with Crippen LogP contribution in [0.15, 0.2) is 115 Å². The molecule has 5 nitrogen and oxygen atoms in total. The number of pyridine rings is 1. The Bertz CT molecular complexity index is 2350. The van der Waals surface area contributed by atoms with E-state index in [1.54, 1.807) is 12.1 Å². The van der Waals surface area contributed by atoms with Gasteiger partial charge in [0.25, 0.3) is 0 Å². The van der Waals surface area contributed by atoms with Crippen LogP contribution in [0, 0.1) is 24.6 Å². The molecule has 9 rings (SSSR count). The maximum atomic E-state index is 13.8. The summed E-state index contributed by atoms with van der Waals surface area (Å²) in [6.45, 7) is 6.45. The smallest absolute Gasteiger partial charge is 0.135 e. The van der Waals surface area contributed by atoms with Crippen molar-refractivity contribution >= 4 is 44.6 Å². The third-order valence-corrected chi connectivity index (χ3v) is 9.87. The Balaban J connectivity index is 0.00000361. The molecule has 0 N–H and O–H groups in total. The first kappa shape index (κ1) is 32.3. The van der Waals surface area contributed by atoms with Crippen LogP contribution in [0.25, 0.3) is 27.6 Å². The summed E-state index contributed by atoms with van der Waals surface area (Å²) in [4.78, 5) is 9.03. The summed E-state index contributed by atoms with van der Waals surface area (Å²) in [5.41, 5.74) is 8.28. The zero-order valence-corrected chi connectivity index (χ0v) is 30.0. The van der Waals surface area contributed by atoms with Crippen LogP contribution >= 0.6 is 0 Å². The van der Waals surface area contributed by atoms with Gasteiger partial charge in [0.15, 0.2) is 0 Å². The second-order valence-corrected chi connectivity index (χ2v) is 13.3. The zero-order chi connectivity index (χ0) is 33.1. The van der Waals surface area contributed by atoms with E-state index in [0.29, 0.717) is 23.3 Å². The molecule has 2 aromatic heterocycles. The van der Waals surface area contributed by atoms with Gasteiger partial charge >= 0.3 is 0 Å². The molecule has 252 valence electrons. The standard InChI is InChI=1S/C43H34FN4O.Pt/c1-28(2)30-20-21-45-43(24-30)48-39-11-4-3-10-37(39)38-19-18-35(26-42(38)48)49-36-23-31(29-8-7-9-29)22-34(25-36)47-27-46(33-16-14-32(44)15-17-33)40-12-5-6-13-41(40)47;/h3-6,10-24,27-29H,7-9H2,1-2H3;/q-3;. The Kier molecular flexibility index (Phi) is 8.44. The van der Waals surface area contributed by atoms with Gasteiger partial charge in [0.2, 0.25) is 0 Å². The van der Waals surface area contributed by atoms with Crippen LogP contribution in [0.5, 0.6) is 11.5 Å². The third-order valence-electron chi connectivity index (χ3n) is 9.87. The van der Waals surface area contributed by atoms with E-state index in [9.17, 15) is 4.39 Å². The fourth-order valence-electron chi connectivity index (χ4n) is 7.03. The first-order valence-corrected chi connectivity index (χ1v) is 17.0. The fraction of sp³-hybridized carbons (Fsp3) is 0.163. The number of fused-ring (bicyclic) bond motifs is 4. The molecule has 0 saturated heterocycles. The van der Waals surface area contributed by atoms with E-state index in [1.165, 1.54) is 29.7 Å². The number of hydrogen-bond donors (Lipinski definition) is 0. The minimum Gasteiger partial charge on any atom is -0.509 e. The van der Waals surface area contributed by atoms with E-state index < -0.39 is 0 Å². The minimum atomic E-state index is -0.257. The summed E-state index contributed by atoms with van der Waals surface area (Å²) in [5, 5.41) is 2.24. The summed E-state index contributed by atoms with van der Waals surface area (Å²) in [6, 6.07) is 43.2. The SMILES string of the molecule is CC(C)c1ccnc(-n2c3[c-]c(Oc4[c-]c(N5[CH-]N(c6ccc(F)cc6)c6ccccc65)cc(C5CCC5)c4)ccc3c3ccccc32)c1.[Pt]. The van der Waals surface area contributed by atoms with Gasteiger partial charge < -0.3 is 19.1 Å². The molecule has 0 unspecified atom stereocenters. The Hall–Kier alpha value is -4.93. The Labute approximate surface area is 306 Å². The quantitative estimate of drug-likeness (QED) is 0.150. The molecule has 0 spiro atoms. The molecule has 3 heterocycles. The molecule has 50 heavy (non-hydrogen) atoms. The van der Waals surface area contributed by atoms with E-state index in [2.05, 4.69) is 107 Å². The Morgan fingerprint density at radius 1 is 0.800 bits per heavy atom. The summed E-state index contributed by atoms with van der Waals surface area (Å²) in [6.07, 6.45) is 5.43. The van der Waals surface area contributed by atoms with Gasteiger partial charge in [-0.3, -0.25) is 0 Å². The number of halogens is 1. The van der Waals surface area contributed by atoms with Gasteiger partial charge in [-0.1, -0.05) is 56.1 Å². The zero-order valence-electron chi connectivity index (χ0n) is 27.7. The van der Waals surface area contributed by atoms with Crippen LogP contribution in [0.2, 0.25) is 0 Å². The maximum absolute atomic E-state index is 13.8. The van der Waals surface area contributed by atoms with Gasteiger partial charge in [0.05, 0.1) is 0 Å². The number of nitrogens with zero attached hydrogens (tertiary/aromatic N) is 4. The van der Waals surface area contributed by atoms with Crippen molar-refractivity contribution in [2.75, 3.05) is 9.80 Å². The first-order chi connectivity index (χ1) is 24.0. The number of anilines is 4. The van der Waals surface area contributed by atoms with Crippen molar-refractivity contribution < 1.29 is 30.2 Å². The minimum absolute atomic E-state index is 0. The largest absolute Gasteiger partial charge is 0.509 e. The van der Waals surface area contributed by atoms with Crippen LogP contribution in [-0.2, 0) is 21.1 Å². The van der Waals surface area contributed by atoms with Gasteiger partial charge in [-0.15, -0.1) is 53.6 Å². The molecule has 0 atom stereocenters. The Morgan fingerprint density at radius 3 is 2.32 bits per heavy atom. The van der Waals surface area contributed by atoms with Gasteiger partial charge in [-0.05, 0) is 90.2 Å². The monoisotopic (exact) mass is 836 g/mol. The molecule has 0 radical (unpaired) electrons. The molecule has 1 fully saturated rings. The van der Waals surface area contributed by atoms with E-state index >= 15 is 0 Å². The molecule has 7 heteroatoms. The summed E-state index contributed by atoms with van der Waals surface area (Å²) in [7, 11) is 0. The number of aromatic nitrogens is 2. The van der Waals surface area contributed by atoms with Crippen molar-refractivity contribution in [3.8, 4) is 17.3 Å². The van der Waals surface area contributed by atoms with Crippen LogP contribution < -0.4 is 14.5 Å². The number of benzene rings is 5. The van der Waals surface area contributed by atoms with Crippen molar-refractivity contribution in [1.29, 1.82) is 0 Å². The third kappa shape index (κ3) is 5.66. The van der Waals surface area contributed by atoms with Crippen molar-refractivity contribution in [3.63, 3.8) is 0 Å². The van der Waals surface area contributed by atoms with Crippen molar-refractivity contribution in [2.45, 2.75) is 44.9 Å². The second-order valence-electron chi connectivity index (χ2n) is 13.3. The summed E-state index contributed by atoms with van der Waals surface area (Å²) in [5.74, 6) is 2.72. The number of ether oxygens (including phenoxy) is 1. The number of para-hydroxylation sites is 3. The topological polar surface area (TPSA) is 33.5 Å². The molecular formula is C43H34FN4OPt-3. The predicted molar refractivity (Wildman–Crippen MR) is 195 cm³/mol. The van der Waals surface area contributed by atoms with Crippen LogP contribution in [-0.4, -0.2) is 9.55 Å². The van der Waals surface area contributed by atoms with Crippen molar-refractivity contribution in [1.82, 2.24) is 9.55 Å². The molecule has 7 aromatic rings. The Morgan fingerprint density at radius 2 is 1.56 bits per heavy atom. The first-order valence-electron chi connectivity index (χ1n) is 17.0. The molecule has 0 amide bonds. The maximum Gasteiger partial charge on any atom is 0.135 e. The molecule has 1 saturated carbocycles. The van der Waals surface area contributed by atoms with Gasteiger partial charge in [-0.25, -0.2) is 9.37 Å². The van der Waals surface area contributed by atoms with Crippen LogP contribution in [0.1, 0.15) is 56.1 Å². The van der Waals surface area contributed by atoms with Gasteiger partial charge in [0, 0.05) is 61.3 Å². The van der Waals surface area contributed by atoms with Gasteiger partial charge in [0.1, 0.15) is 11.6 Å². The van der Waals surface area contributed by atoms with Crippen LogP contribution in [0.3, 0.4) is 0 Å². The summed E-state index contributed by atoms with van der Waals surface area (Å²) >= 11 is 0. The average molecular weight is 837 g/mol. The normalized spacial score (nSPS) is 14.2.